The maximum absolute atomic E-state index is 12.7. The van der Waals surface area contributed by atoms with Gasteiger partial charge in [-0.05, 0) is 49.4 Å². The van der Waals surface area contributed by atoms with E-state index in [-0.39, 0.29) is 23.1 Å². The number of carbonyl (C=O) groups is 3. The van der Waals surface area contributed by atoms with Crippen molar-refractivity contribution in [1.82, 2.24) is 9.88 Å². The summed E-state index contributed by atoms with van der Waals surface area (Å²) >= 11 is 0.718. The summed E-state index contributed by atoms with van der Waals surface area (Å²) in [4.78, 5) is 52.0. The van der Waals surface area contributed by atoms with Gasteiger partial charge in [-0.15, -0.1) is 0 Å². The van der Waals surface area contributed by atoms with Crippen LogP contribution < -0.4 is 9.47 Å². The third kappa shape index (κ3) is 5.29. The molecule has 172 valence electrons. The van der Waals surface area contributed by atoms with Crippen LogP contribution in [-0.2, 0) is 14.3 Å². The SMILES string of the molecule is CCOC(=O)[C@@H](C)N1C(=O)S/C(=C\c2ccc(Oc3ccc([N+](=O)[O-])cn3)c(OC)c2)C1=O. The molecule has 1 fully saturated rings. The lowest BCUT2D eigenvalue weighted by molar-refractivity contribution is -0.385. The molecule has 11 nitrogen and oxygen atoms in total. The number of ether oxygens (including phenoxy) is 3. The van der Waals surface area contributed by atoms with Gasteiger partial charge in [0.05, 0.1) is 23.5 Å². The van der Waals surface area contributed by atoms with Crippen LogP contribution in [0.1, 0.15) is 19.4 Å². The highest BCUT2D eigenvalue weighted by Crippen LogP contribution is 2.36. The first-order chi connectivity index (χ1) is 15.7. The van der Waals surface area contributed by atoms with Crippen LogP contribution in [0.25, 0.3) is 6.08 Å². The van der Waals surface area contributed by atoms with E-state index < -0.39 is 28.1 Å². The van der Waals surface area contributed by atoms with E-state index in [1.807, 2.05) is 0 Å². The largest absolute Gasteiger partial charge is 0.493 e. The number of esters is 1. The summed E-state index contributed by atoms with van der Waals surface area (Å²) in [7, 11) is 1.42. The van der Waals surface area contributed by atoms with Crippen molar-refractivity contribution in [2.75, 3.05) is 13.7 Å². The van der Waals surface area contributed by atoms with Crippen LogP contribution in [-0.4, -0.2) is 51.7 Å². The average molecular weight is 473 g/mol. The van der Waals surface area contributed by atoms with Gasteiger partial charge in [-0.25, -0.2) is 9.78 Å². The number of pyridine rings is 1. The second-order valence-corrected chi connectivity index (χ2v) is 7.60. The number of methoxy groups -OCH3 is 1. The summed E-state index contributed by atoms with van der Waals surface area (Å²) in [6.07, 6.45) is 2.57. The van der Waals surface area contributed by atoms with E-state index in [0.29, 0.717) is 17.1 Å². The number of nitrogens with zero attached hydrogens (tertiary/aromatic N) is 3. The third-order valence-corrected chi connectivity index (χ3v) is 5.35. The van der Waals surface area contributed by atoms with Gasteiger partial charge in [0.25, 0.3) is 16.8 Å². The Kier molecular flexibility index (Phi) is 7.28. The normalized spacial score (nSPS) is 15.5. The van der Waals surface area contributed by atoms with E-state index in [4.69, 9.17) is 14.2 Å². The Morgan fingerprint density at radius 3 is 2.64 bits per heavy atom. The third-order valence-electron chi connectivity index (χ3n) is 4.47. The Balaban J connectivity index is 1.80. The Labute approximate surface area is 192 Å². The quantitative estimate of drug-likeness (QED) is 0.241. The lowest BCUT2D eigenvalue weighted by Gasteiger charge is -2.19. The van der Waals surface area contributed by atoms with E-state index in [0.717, 1.165) is 22.9 Å². The predicted molar refractivity (Wildman–Crippen MR) is 118 cm³/mol. The van der Waals surface area contributed by atoms with Crippen molar-refractivity contribution in [3.8, 4) is 17.4 Å². The average Bonchev–Trinajstić information content (AvgIpc) is 3.07. The van der Waals surface area contributed by atoms with Gasteiger partial charge in [0.2, 0.25) is 5.88 Å². The fourth-order valence-electron chi connectivity index (χ4n) is 2.85. The molecule has 1 aromatic heterocycles. The van der Waals surface area contributed by atoms with Crippen molar-refractivity contribution >= 4 is 40.6 Å². The molecule has 0 radical (unpaired) electrons. The molecular weight excluding hydrogens is 454 g/mol. The van der Waals surface area contributed by atoms with Crippen LogP contribution in [0.5, 0.6) is 17.4 Å². The molecule has 1 aliphatic heterocycles. The number of nitro groups is 1. The van der Waals surface area contributed by atoms with Crippen molar-refractivity contribution < 1.29 is 33.5 Å². The van der Waals surface area contributed by atoms with Crippen LogP contribution in [0.2, 0.25) is 0 Å². The molecule has 0 unspecified atom stereocenters. The molecule has 2 amide bonds. The molecule has 1 aromatic carbocycles. The first-order valence-corrected chi connectivity index (χ1v) is 10.5. The van der Waals surface area contributed by atoms with Crippen molar-refractivity contribution in [1.29, 1.82) is 0 Å². The molecule has 12 heteroatoms. The fourth-order valence-corrected chi connectivity index (χ4v) is 3.75. The van der Waals surface area contributed by atoms with Crippen molar-refractivity contribution in [2.24, 2.45) is 0 Å². The monoisotopic (exact) mass is 473 g/mol. The molecule has 0 spiro atoms. The van der Waals surface area contributed by atoms with Crippen LogP contribution in [0.4, 0.5) is 10.5 Å². The van der Waals surface area contributed by atoms with Crippen LogP contribution in [0.3, 0.4) is 0 Å². The van der Waals surface area contributed by atoms with Crippen molar-refractivity contribution in [3.63, 3.8) is 0 Å². The summed E-state index contributed by atoms with van der Waals surface area (Å²) in [5.74, 6) is -0.534. The molecule has 1 aliphatic rings. The van der Waals surface area contributed by atoms with Gasteiger partial charge >= 0.3 is 5.97 Å². The highest BCUT2D eigenvalue weighted by molar-refractivity contribution is 8.18. The molecule has 0 aliphatic carbocycles. The van der Waals surface area contributed by atoms with E-state index >= 15 is 0 Å². The topological polar surface area (TPSA) is 138 Å². The summed E-state index contributed by atoms with van der Waals surface area (Å²) < 4.78 is 15.9. The van der Waals surface area contributed by atoms with Gasteiger partial charge in [0, 0.05) is 12.1 Å². The zero-order chi connectivity index (χ0) is 24.1. The zero-order valence-corrected chi connectivity index (χ0v) is 18.7. The minimum Gasteiger partial charge on any atom is -0.493 e. The molecule has 2 aromatic rings. The van der Waals surface area contributed by atoms with Gasteiger partial charge in [-0.1, -0.05) is 6.07 Å². The van der Waals surface area contributed by atoms with Crippen LogP contribution in [0.15, 0.2) is 41.4 Å². The summed E-state index contributed by atoms with van der Waals surface area (Å²) in [5.41, 5.74) is 0.376. The van der Waals surface area contributed by atoms with Crippen LogP contribution in [0, 0.1) is 10.1 Å². The number of hydrogen-bond donors (Lipinski definition) is 0. The Bertz CT molecular complexity index is 1130. The standard InChI is InChI=1S/C21H19N3O8S/c1-4-31-20(26)12(2)23-19(25)17(33-21(23)27)10-13-5-7-15(16(9-13)30-3)32-18-8-6-14(11-22-18)24(28)29/h5-12H,4H2,1-3H3/b17-10-/t12-/m1/s1. The first-order valence-electron chi connectivity index (χ1n) is 9.65. The summed E-state index contributed by atoms with van der Waals surface area (Å²) in [6, 6.07) is 6.36. The molecule has 3 rings (SSSR count). The van der Waals surface area contributed by atoms with E-state index in [9.17, 15) is 24.5 Å². The molecule has 0 N–H and O–H groups in total. The first kappa shape index (κ1) is 23.7. The molecule has 2 heterocycles. The van der Waals surface area contributed by atoms with E-state index in [1.165, 1.54) is 32.2 Å². The second-order valence-electron chi connectivity index (χ2n) is 6.60. The molecule has 1 atom stereocenters. The number of rotatable bonds is 8. The number of benzene rings is 1. The van der Waals surface area contributed by atoms with Crippen LogP contribution >= 0.6 is 11.8 Å². The zero-order valence-electron chi connectivity index (χ0n) is 17.8. The molecule has 0 bridgehead atoms. The van der Waals surface area contributed by atoms with E-state index in [2.05, 4.69) is 4.98 Å². The minimum absolute atomic E-state index is 0.126. The smallest absolute Gasteiger partial charge is 0.329 e. The molecule has 33 heavy (non-hydrogen) atoms. The maximum atomic E-state index is 12.7. The minimum atomic E-state index is -1.04. The van der Waals surface area contributed by atoms with Crippen molar-refractivity contribution in [2.45, 2.75) is 19.9 Å². The number of thioether (sulfide) groups is 1. The van der Waals surface area contributed by atoms with Gasteiger partial charge in [-0.3, -0.25) is 24.6 Å². The highest BCUT2D eigenvalue weighted by Gasteiger charge is 2.41. The van der Waals surface area contributed by atoms with Gasteiger partial charge in [-0.2, -0.15) is 0 Å². The number of aromatic nitrogens is 1. The maximum Gasteiger partial charge on any atom is 0.329 e. The number of amides is 2. The molecular formula is C21H19N3O8S. The van der Waals surface area contributed by atoms with E-state index in [1.54, 1.807) is 25.1 Å². The lowest BCUT2D eigenvalue weighted by atomic mass is 10.1. The molecule has 1 saturated heterocycles. The number of hydrogen-bond acceptors (Lipinski definition) is 10. The Hall–Kier alpha value is -3.93. The fraction of sp³-hybridized carbons (Fsp3) is 0.238. The van der Waals surface area contributed by atoms with Gasteiger partial charge in [0.15, 0.2) is 11.5 Å². The van der Waals surface area contributed by atoms with Crippen molar-refractivity contribution in [3.05, 3.63) is 57.1 Å². The molecule has 0 saturated carbocycles. The summed E-state index contributed by atoms with van der Waals surface area (Å²) in [5, 5.41) is 10.2. The number of carbonyl (C=O) groups excluding carboxylic acids is 3. The lowest BCUT2D eigenvalue weighted by Crippen LogP contribution is -2.42. The second kappa shape index (κ2) is 10.1. The van der Waals surface area contributed by atoms with Gasteiger partial charge in [0.1, 0.15) is 12.2 Å². The Morgan fingerprint density at radius 1 is 1.27 bits per heavy atom. The Morgan fingerprint density at radius 2 is 2.03 bits per heavy atom. The number of imide groups is 1. The highest BCUT2D eigenvalue weighted by atomic mass is 32.2. The van der Waals surface area contributed by atoms with Gasteiger partial charge < -0.3 is 14.2 Å². The summed E-state index contributed by atoms with van der Waals surface area (Å²) in [6.45, 7) is 3.20. The predicted octanol–water partition coefficient (Wildman–Crippen LogP) is 3.78.